The van der Waals surface area contributed by atoms with Crippen LogP contribution in [0.25, 0.3) is 0 Å². The standard InChI is InChI=1S/C13H15FO3/c1-13(7-10(16)17-2)6-5-8-3-4-9(15)12(14)11(8)13/h3-4,15H,5-7H2,1-2H3/t13-/m1/s1. The Labute approximate surface area is 99.2 Å². The van der Waals surface area contributed by atoms with Crippen molar-refractivity contribution in [2.45, 2.75) is 31.6 Å². The number of phenols is 1. The number of hydrogen-bond acceptors (Lipinski definition) is 3. The van der Waals surface area contributed by atoms with Crippen LogP contribution in [0.1, 0.15) is 30.9 Å². The lowest BCUT2D eigenvalue weighted by atomic mass is 9.80. The summed E-state index contributed by atoms with van der Waals surface area (Å²) in [6.45, 7) is 1.83. The third kappa shape index (κ3) is 1.88. The first-order chi connectivity index (χ1) is 7.98. The summed E-state index contributed by atoms with van der Waals surface area (Å²) in [5.74, 6) is -1.32. The zero-order valence-corrected chi connectivity index (χ0v) is 9.92. The number of fused-ring (bicyclic) bond motifs is 1. The number of benzene rings is 1. The predicted molar refractivity (Wildman–Crippen MR) is 60.4 cm³/mol. The minimum atomic E-state index is -0.605. The molecule has 1 atom stereocenters. The Hall–Kier alpha value is -1.58. The highest BCUT2D eigenvalue weighted by atomic mass is 19.1. The maximum atomic E-state index is 14.0. The molecule has 2 rings (SSSR count). The summed E-state index contributed by atoms with van der Waals surface area (Å²) in [5, 5.41) is 9.42. The van der Waals surface area contributed by atoms with Gasteiger partial charge in [0.05, 0.1) is 13.5 Å². The van der Waals surface area contributed by atoms with Crippen LogP contribution in [0.2, 0.25) is 0 Å². The van der Waals surface area contributed by atoms with Crippen LogP contribution in [-0.2, 0) is 21.4 Å². The first kappa shape index (κ1) is 11.9. The van der Waals surface area contributed by atoms with Crippen molar-refractivity contribution in [3.63, 3.8) is 0 Å². The molecule has 0 unspecified atom stereocenters. The summed E-state index contributed by atoms with van der Waals surface area (Å²) in [5.41, 5.74) is 0.750. The number of phenolic OH excluding ortho intramolecular Hbond substituents is 1. The van der Waals surface area contributed by atoms with Gasteiger partial charge < -0.3 is 9.84 Å². The van der Waals surface area contributed by atoms with Crippen molar-refractivity contribution >= 4 is 5.97 Å². The lowest BCUT2D eigenvalue weighted by Crippen LogP contribution is -2.24. The van der Waals surface area contributed by atoms with E-state index >= 15 is 0 Å². The average Bonchev–Trinajstić information content (AvgIpc) is 2.62. The van der Waals surface area contributed by atoms with Crippen molar-refractivity contribution < 1.29 is 19.0 Å². The Morgan fingerprint density at radius 2 is 2.29 bits per heavy atom. The van der Waals surface area contributed by atoms with E-state index in [2.05, 4.69) is 4.74 Å². The molecule has 0 amide bonds. The summed E-state index contributed by atoms with van der Waals surface area (Å²) in [4.78, 5) is 11.4. The fraction of sp³-hybridized carbons (Fsp3) is 0.462. The van der Waals surface area contributed by atoms with Gasteiger partial charge in [0.1, 0.15) is 0 Å². The minimum absolute atomic E-state index is 0.136. The van der Waals surface area contributed by atoms with Gasteiger partial charge in [-0.1, -0.05) is 13.0 Å². The Morgan fingerprint density at radius 3 is 2.94 bits per heavy atom. The Kier molecular flexibility index (Phi) is 2.81. The molecule has 4 heteroatoms. The van der Waals surface area contributed by atoms with Gasteiger partial charge in [-0.3, -0.25) is 4.79 Å². The molecule has 1 aromatic carbocycles. The van der Waals surface area contributed by atoms with Crippen molar-refractivity contribution in [1.82, 2.24) is 0 Å². The molecule has 1 aromatic rings. The van der Waals surface area contributed by atoms with Crippen LogP contribution in [0.15, 0.2) is 12.1 Å². The van der Waals surface area contributed by atoms with Gasteiger partial charge in [0, 0.05) is 11.0 Å². The van der Waals surface area contributed by atoms with Gasteiger partial charge in [-0.25, -0.2) is 4.39 Å². The number of rotatable bonds is 2. The van der Waals surface area contributed by atoms with E-state index in [1.165, 1.54) is 13.2 Å². The maximum absolute atomic E-state index is 14.0. The van der Waals surface area contributed by atoms with E-state index in [0.717, 1.165) is 12.0 Å². The van der Waals surface area contributed by atoms with E-state index in [4.69, 9.17) is 0 Å². The van der Waals surface area contributed by atoms with E-state index in [-0.39, 0.29) is 18.1 Å². The predicted octanol–water partition coefficient (Wildman–Crippen LogP) is 2.30. The highest BCUT2D eigenvalue weighted by Crippen LogP contribution is 2.44. The third-order valence-electron chi connectivity index (χ3n) is 3.52. The zero-order chi connectivity index (χ0) is 12.6. The van der Waals surface area contributed by atoms with Gasteiger partial charge >= 0.3 is 5.97 Å². The van der Waals surface area contributed by atoms with Gasteiger partial charge in [0.15, 0.2) is 11.6 Å². The van der Waals surface area contributed by atoms with Crippen molar-refractivity contribution in [1.29, 1.82) is 0 Å². The molecule has 0 saturated heterocycles. The molecular weight excluding hydrogens is 223 g/mol. The molecule has 0 fully saturated rings. The van der Waals surface area contributed by atoms with Crippen molar-refractivity contribution in [3.05, 3.63) is 29.1 Å². The quantitative estimate of drug-likeness (QED) is 0.804. The Balaban J connectivity index is 2.44. The molecule has 1 N–H and O–H groups in total. The largest absolute Gasteiger partial charge is 0.505 e. The molecule has 0 bridgehead atoms. The van der Waals surface area contributed by atoms with Crippen LogP contribution in [0.5, 0.6) is 5.75 Å². The molecule has 17 heavy (non-hydrogen) atoms. The fourth-order valence-corrected chi connectivity index (χ4v) is 2.57. The molecule has 0 spiro atoms. The number of carbonyl (C=O) groups excluding carboxylic acids is 1. The number of methoxy groups -OCH3 is 1. The molecular formula is C13H15FO3. The number of halogens is 1. The summed E-state index contributed by atoms with van der Waals surface area (Å²) in [6.07, 6.45) is 1.55. The monoisotopic (exact) mass is 238 g/mol. The van der Waals surface area contributed by atoms with Crippen LogP contribution in [0.4, 0.5) is 4.39 Å². The van der Waals surface area contributed by atoms with Crippen molar-refractivity contribution in [2.75, 3.05) is 7.11 Å². The van der Waals surface area contributed by atoms with E-state index in [1.54, 1.807) is 6.07 Å². The number of ether oxygens (including phenoxy) is 1. The normalized spacial score (nSPS) is 22.3. The lowest BCUT2D eigenvalue weighted by Gasteiger charge is -2.24. The maximum Gasteiger partial charge on any atom is 0.306 e. The second kappa shape index (κ2) is 4.02. The number of carbonyl (C=O) groups is 1. The van der Waals surface area contributed by atoms with Crippen molar-refractivity contribution in [3.8, 4) is 5.75 Å². The highest BCUT2D eigenvalue weighted by Gasteiger charge is 2.39. The van der Waals surface area contributed by atoms with Gasteiger partial charge in [-0.05, 0) is 24.5 Å². The molecule has 1 aliphatic carbocycles. The van der Waals surface area contributed by atoms with Gasteiger partial charge in [-0.2, -0.15) is 0 Å². The Bertz CT molecular complexity index is 470. The van der Waals surface area contributed by atoms with Gasteiger partial charge in [0.2, 0.25) is 0 Å². The lowest BCUT2D eigenvalue weighted by molar-refractivity contribution is -0.142. The van der Waals surface area contributed by atoms with E-state index < -0.39 is 11.2 Å². The molecule has 1 aliphatic rings. The van der Waals surface area contributed by atoms with Crippen LogP contribution in [0, 0.1) is 5.82 Å². The molecule has 3 nitrogen and oxygen atoms in total. The summed E-state index contributed by atoms with van der Waals surface area (Å²) < 4.78 is 18.6. The summed E-state index contributed by atoms with van der Waals surface area (Å²) in [7, 11) is 1.32. The third-order valence-corrected chi connectivity index (χ3v) is 3.52. The van der Waals surface area contributed by atoms with Crippen LogP contribution < -0.4 is 0 Å². The summed E-state index contributed by atoms with van der Waals surface area (Å²) >= 11 is 0. The number of aromatic hydroxyl groups is 1. The average molecular weight is 238 g/mol. The Morgan fingerprint density at radius 1 is 1.59 bits per heavy atom. The molecule has 0 radical (unpaired) electrons. The van der Waals surface area contributed by atoms with Gasteiger partial charge in [0.25, 0.3) is 0 Å². The van der Waals surface area contributed by atoms with Gasteiger partial charge in [-0.15, -0.1) is 0 Å². The van der Waals surface area contributed by atoms with E-state index in [1.807, 2.05) is 6.92 Å². The van der Waals surface area contributed by atoms with E-state index in [0.29, 0.717) is 12.0 Å². The smallest absolute Gasteiger partial charge is 0.306 e. The molecule has 92 valence electrons. The molecule has 0 saturated carbocycles. The number of esters is 1. The van der Waals surface area contributed by atoms with Crippen LogP contribution >= 0.6 is 0 Å². The van der Waals surface area contributed by atoms with E-state index in [9.17, 15) is 14.3 Å². The molecule has 0 aliphatic heterocycles. The second-order valence-electron chi connectivity index (χ2n) is 4.75. The topological polar surface area (TPSA) is 46.5 Å². The first-order valence-corrected chi connectivity index (χ1v) is 5.55. The first-order valence-electron chi connectivity index (χ1n) is 5.55. The number of aryl methyl sites for hydroxylation is 1. The fourth-order valence-electron chi connectivity index (χ4n) is 2.57. The minimum Gasteiger partial charge on any atom is -0.505 e. The van der Waals surface area contributed by atoms with Crippen molar-refractivity contribution in [2.24, 2.45) is 0 Å². The zero-order valence-electron chi connectivity index (χ0n) is 9.92. The number of hydrogen-bond donors (Lipinski definition) is 1. The second-order valence-corrected chi connectivity index (χ2v) is 4.75. The van der Waals surface area contributed by atoms with Crippen LogP contribution in [0.3, 0.4) is 0 Å². The molecule has 0 aromatic heterocycles. The van der Waals surface area contributed by atoms with Crippen LogP contribution in [-0.4, -0.2) is 18.2 Å². The summed E-state index contributed by atoms with van der Waals surface area (Å²) in [6, 6.07) is 3.08. The highest BCUT2D eigenvalue weighted by molar-refractivity contribution is 5.72. The molecule has 0 heterocycles. The SMILES string of the molecule is COC(=O)C[C@@]1(C)CCc2ccc(O)c(F)c21.